The van der Waals surface area contributed by atoms with Crippen molar-refractivity contribution in [2.24, 2.45) is 0 Å². The molecule has 39 heavy (non-hydrogen) atoms. The molecule has 2 N–H and O–H groups in total. The number of anilines is 1. The summed E-state index contributed by atoms with van der Waals surface area (Å²) in [7, 11) is 3.37. The monoisotopic (exact) mass is 534 g/mol. The maximum atomic E-state index is 10.9. The first kappa shape index (κ1) is 27.3. The first-order valence-corrected chi connectivity index (χ1v) is 13.6. The van der Waals surface area contributed by atoms with Gasteiger partial charge in [-0.2, -0.15) is 0 Å². The average molecular weight is 535 g/mol. The van der Waals surface area contributed by atoms with E-state index in [-0.39, 0.29) is 12.0 Å². The summed E-state index contributed by atoms with van der Waals surface area (Å²) in [5.41, 5.74) is 3.20. The van der Waals surface area contributed by atoms with Crippen LogP contribution in [-0.2, 0) is 16.1 Å². The summed E-state index contributed by atoms with van der Waals surface area (Å²) in [5.74, 6) is 2.93. The number of β-amino-alcohol motifs (C(OH)–C–C–N with tert-alkyl or cyclic N) is 1. The fourth-order valence-corrected chi connectivity index (χ4v) is 5.28. The molecular weight excluding hydrogens is 496 g/mol. The van der Waals surface area contributed by atoms with Crippen LogP contribution < -0.4 is 24.4 Å². The number of ether oxygens (including phenoxy) is 5. The zero-order chi connectivity index (χ0) is 27.0. The van der Waals surface area contributed by atoms with Crippen molar-refractivity contribution in [3.8, 4) is 23.0 Å². The highest BCUT2D eigenvalue weighted by Gasteiger charge is 2.34. The molecule has 0 spiro atoms. The van der Waals surface area contributed by atoms with Gasteiger partial charge < -0.3 is 39.0 Å². The van der Waals surface area contributed by atoms with Crippen molar-refractivity contribution in [2.45, 2.75) is 31.2 Å². The third-order valence-corrected chi connectivity index (χ3v) is 7.28. The standard InChI is InChI=1S/C31H38N2O6/c1-35-15-4-13-33-14-16-37-29-12-7-22(17-27(29)33)21-38-30-20-32-19-28(34)31(30)23-8-10-24(11-9-23)39-26-6-3-5-25(18-26)36-2/h3,5-12,17-18,28,30-32,34H,4,13-16,19-21H2,1-2H3. The van der Waals surface area contributed by atoms with Gasteiger partial charge in [-0.15, -0.1) is 0 Å². The van der Waals surface area contributed by atoms with E-state index in [1.54, 1.807) is 14.2 Å². The number of fused-ring (bicyclic) bond motifs is 1. The van der Waals surface area contributed by atoms with Gasteiger partial charge in [0.25, 0.3) is 0 Å². The van der Waals surface area contributed by atoms with E-state index < -0.39 is 6.10 Å². The average Bonchev–Trinajstić information content (AvgIpc) is 2.97. The van der Waals surface area contributed by atoms with E-state index >= 15 is 0 Å². The normalized spacial score (nSPS) is 20.7. The van der Waals surface area contributed by atoms with E-state index in [9.17, 15) is 5.11 Å². The van der Waals surface area contributed by atoms with Crippen LogP contribution >= 0.6 is 0 Å². The first-order chi connectivity index (χ1) is 19.1. The van der Waals surface area contributed by atoms with Crippen molar-refractivity contribution in [3.63, 3.8) is 0 Å². The summed E-state index contributed by atoms with van der Waals surface area (Å²) in [4.78, 5) is 2.35. The molecule has 2 aliphatic rings. The van der Waals surface area contributed by atoms with Gasteiger partial charge in [0.1, 0.15) is 29.6 Å². The summed E-state index contributed by atoms with van der Waals surface area (Å²) in [5, 5.41) is 14.2. The number of aliphatic hydroxyl groups is 1. The van der Waals surface area contributed by atoms with E-state index in [1.807, 2.05) is 54.6 Å². The van der Waals surface area contributed by atoms with E-state index in [4.69, 9.17) is 23.7 Å². The number of nitrogens with one attached hydrogen (secondary N) is 1. The predicted octanol–water partition coefficient (Wildman–Crippen LogP) is 4.36. The minimum Gasteiger partial charge on any atom is -0.497 e. The Morgan fingerprint density at radius 3 is 2.64 bits per heavy atom. The smallest absolute Gasteiger partial charge is 0.142 e. The SMILES string of the molecule is COCCCN1CCOc2ccc(COC3CNCC(O)C3c3ccc(Oc4cccc(OC)c4)cc3)cc21. The van der Waals surface area contributed by atoms with Crippen LogP contribution in [0.15, 0.2) is 66.7 Å². The second-order valence-corrected chi connectivity index (χ2v) is 9.93. The molecule has 0 saturated carbocycles. The van der Waals surface area contributed by atoms with Crippen LogP contribution in [0.3, 0.4) is 0 Å². The molecule has 0 aromatic heterocycles. The van der Waals surface area contributed by atoms with Crippen LogP contribution in [0.2, 0.25) is 0 Å². The van der Waals surface area contributed by atoms with Gasteiger partial charge in [0.2, 0.25) is 0 Å². The molecule has 1 fully saturated rings. The molecule has 3 atom stereocenters. The molecule has 8 nitrogen and oxygen atoms in total. The number of hydrogen-bond donors (Lipinski definition) is 2. The fourth-order valence-electron chi connectivity index (χ4n) is 5.28. The topological polar surface area (TPSA) is 81.7 Å². The van der Waals surface area contributed by atoms with Crippen molar-refractivity contribution >= 4 is 5.69 Å². The Labute approximate surface area is 230 Å². The summed E-state index contributed by atoms with van der Waals surface area (Å²) >= 11 is 0. The molecule has 0 amide bonds. The molecule has 8 heteroatoms. The Morgan fingerprint density at radius 1 is 0.974 bits per heavy atom. The second kappa shape index (κ2) is 13.2. The van der Waals surface area contributed by atoms with Crippen LogP contribution in [0.5, 0.6) is 23.0 Å². The van der Waals surface area contributed by atoms with Gasteiger partial charge in [0, 0.05) is 45.3 Å². The second-order valence-electron chi connectivity index (χ2n) is 9.93. The molecule has 0 aliphatic carbocycles. The van der Waals surface area contributed by atoms with Crippen LogP contribution in [0.4, 0.5) is 5.69 Å². The van der Waals surface area contributed by atoms with Gasteiger partial charge in [-0.25, -0.2) is 0 Å². The van der Waals surface area contributed by atoms with Gasteiger partial charge in [-0.3, -0.25) is 0 Å². The van der Waals surface area contributed by atoms with Crippen molar-refractivity contribution < 1.29 is 28.8 Å². The van der Waals surface area contributed by atoms with Gasteiger partial charge in [-0.05, 0) is 53.9 Å². The minimum absolute atomic E-state index is 0.149. The number of rotatable bonds is 11. The molecule has 2 heterocycles. The Balaban J connectivity index is 1.25. The zero-order valence-corrected chi connectivity index (χ0v) is 22.7. The highest BCUT2D eigenvalue weighted by Crippen LogP contribution is 2.35. The third-order valence-electron chi connectivity index (χ3n) is 7.28. The fraction of sp³-hybridized carbons (Fsp3) is 0.419. The minimum atomic E-state index is -0.554. The van der Waals surface area contributed by atoms with E-state index in [0.29, 0.717) is 32.1 Å². The zero-order valence-electron chi connectivity index (χ0n) is 22.7. The third kappa shape index (κ3) is 6.83. The molecule has 5 rings (SSSR count). The molecule has 2 aliphatic heterocycles. The number of hydrogen-bond acceptors (Lipinski definition) is 8. The molecule has 208 valence electrons. The molecule has 3 aromatic carbocycles. The van der Waals surface area contributed by atoms with Gasteiger partial charge in [-0.1, -0.05) is 24.3 Å². The number of nitrogens with zero attached hydrogens (tertiary/aromatic N) is 1. The van der Waals surface area contributed by atoms with Crippen LogP contribution in [0, 0.1) is 0 Å². The maximum absolute atomic E-state index is 10.9. The summed E-state index contributed by atoms with van der Waals surface area (Å²) in [6, 6.07) is 21.7. The van der Waals surface area contributed by atoms with Gasteiger partial charge >= 0.3 is 0 Å². The first-order valence-electron chi connectivity index (χ1n) is 13.6. The summed E-state index contributed by atoms with van der Waals surface area (Å²) in [6.45, 7) is 4.85. The lowest BCUT2D eigenvalue weighted by atomic mass is 9.85. The number of piperidine rings is 1. The summed E-state index contributed by atoms with van der Waals surface area (Å²) in [6.07, 6.45) is 0.235. The van der Waals surface area contributed by atoms with E-state index in [2.05, 4.69) is 22.3 Å². The van der Waals surface area contributed by atoms with Gasteiger partial charge in [0.05, 0.1) is 38.2 Å². The molecular formula is C31H38N2O6. The van der Waals surface area contributed by atoms with Crippen molar-refractivity contribution in [1.82, 2.24) is 5.32 Å². The molecule has 0 radical (unpaired) electrons. The Kier molecular flexibility index (Phi) is 9.21. The molecule has 0 bridgehead atoms. The van der Waals surface area contributed by atoms with E-state index in [1.165, 1.54) is 0 Å². The Hall–Kier alpha value is -3.30. The lowest BCUT2D eigenvalue weighted by Crippen LogP contribution is -2.49. The van der Waals surface area contributed by atoms with Crippen LogP contribution in [0.25, 0.3) is 0 Å². The highest BCUT2D eigenvalue weighted by molar-refractivity contribution is 5.61. The lowest BCUT2D eigenvalue weighted by Gasteiger charge is -2.36. The van der Waals surface area contributed by atoms with E-state index in [0.717, 1.165) is 60.2 Å². The highest BCUT2D eigenvalue weighted by atomic mass is 16.5. The molecule has 1 saturated heterocycles. The van der Waals surface area contributed by atoms with Crippen molar-refractivity contribution in [2.75, 3.05) is 58.5 Å². The van der Waals surface area contributed by atoms with Crippen LogP contribution in [0.1, 0.15) is 23.5 Å². The predicted molar refractivity (Wildman–Crippen MR) is 150 cm³/mol. The Bertz CT molecular complexity index is 1200. The lowest BCUT2D eigenvalue weighted by molar-refractivity contribution is -0.0328. The number of aliphatic hydroxyl groups excluding tert-OH is 1. The largest absolute Gasteiger partial charge is 0.497 e. The molecule has 3 unspecified atom stereocenters. The number of methoxy groups -OCH3 is 2. The summed E-state index contributed by atoms with van der Waals surface area (Å²) < 4.78 is 28.8. The van der Waals surface area contributed by atoms with Gasteiger partial charge in [0.15, 0.2) is 0 Å². The van der Waals surface area contributed by atoms with Crippen molar-refractivity contribution in [3.05, 3.63) is 77.9 Å². The van der Waals surface area contributed by atoms with Crippen molar-refractivity contribution in [1.29, 1.82) is 0 Å². The Morgan fingerprint density at radius 2 is 1.82 bits per heavy atom. The quantitative estimate of drug-likeness (QED) is 0.352. The van der Waals surface area contributed by atoms with Crippen LogP contribution in [-0.4, -0.2) is 70.9 Å². The number of benzene rings is 3. The maximum Gasteiger partial charge on any atom is 0.142 e. The molecule has 3 aromatic rings.